The molecular weight excluding hydrogens is 216 g/mol. The van der Waals surface area contributed by atoms with Crippen molar-refractivity contribution in [1.82, 2.24) is 0 Å². The molecule has 0 radical (unpaired) electrons. The summed E-state index contributed by atoms with van der Waals surface area (Å²) in [7, 11) is 2.08. The van der Waals surface area contributed by atoms with E-state index in [0.29, 0.717) is 0 Å². The molecule has 2 rings (SSSR count). The smallest absolute Gasteiger partial charge is 0.243 e. The van der Waals surface area contributed by atoms with Crippen LogP contribution in [0.1, 0.15) is 24.5 Å². The van der Waals surface area contributed by atoms with Gasteiger partial charge in [-0.15, -0.1) is 0 Å². The Morgan fingerprint density at radius 3 is 3.00 bits per heavy atom. The molecule has 1 aromatic rings. The van der Waals surface area contributed by atoms with Crippen molar-refractivity contribution in [3.05, 3.63) is 45.1 Å². The number of hydrogen-bond acceptors (Lipinski definition) is 3. The van der Waals surface area contributed by atoms with Crippen molar-refractivity contribution in [3.8, 4) is 0 Å². The largest absolute Gasteiger partial charge is 0.374 e. The Balaban J connectivity index is 2.34. The van der Waals surface area contributed by atoms with Gasteiger partial charge in [-0.2, -0.15) is 0 Å². The van der Waals surface area contributed by atoms with Gasteiger partial charge in [0.15, 0.2) is 0 Å². The zero-order valence-electron chi connectivity index (χ0n) is 10.1. The third kappa shape index (κ3) is 2.46. The quantitative estimate of drug-likeness (QED) is 0.581. The van der Waals surface area contributed by atoms with Crippen molar-refractivity contribution in [2.45, 2.75) is 19.8 Å². The lowest BCUT2D eigenvalue weighted by molar-refractivity contribution is -0.422. The van der Waals surface area contributed by atoms with Crippen LogP contribution >= 0.6 is 0 Å². The van der Waals surface area contributed by atoms with E-state index >= 15 is 0 Å². The Bertz CT molecular complexity index is 480. The second-order valence-electron chi connectivity index (χ2n) is 4.46. The maximum atomic E-state index is 10.6. The summed E-state index contributed by atoms with van der Waals surface area (Å²) in [5.41, 5.74) is 3.61. The molecule has 0 atom stereocenters. The molecule has 90 valence electrons. The SMILES string of the molecule is C/C(=C/c1ccc2c(c1)CCCN2C)[N+](=O)[O-]. The fourth-order valence-electron chi connectivity index (χ4n) is 2.19. The zero-order chi connectivity index (χ0) is 12.4. The van der Waals surface area contributed by atoms with E-state index in [0.717, 1.165) is 24.9 Å². The molecule has 17 heavy (non-hydrogen) atoms. The third-order valence-electron chi connectivity index (χ3n) is 3.12. The van der Waals surface area contributed by atoms with Crippen LogP contribution < -0.4 is 4.90 Å². The van der Waals surface area contributed by atoms with Gasteiger partial charge in [-0.25, -0.2) is 0 Å². The first kappa shape index (κ1) is 11.6. The van der Waals surface area contributed by atoms with Gasteiger partial charge < -0.3 is 4.90 Å². The number of nitro groups is 1. The van der Waals surface area contributed by atoms with E-state index in [1.165, 1.54) is 18.2 Å². The highest BCUT2D eigenvalue weighted by atomic mass is 16.6. The van der Waals surface area contributed by atoms with Gasteiger partial charge in [-0.1, -0.05) is 6.07 Å². The fraction of sp³-hybridized carbons (Fsp3) is 0.385. The van der Waals surface area contributed by atoms with Crippen LogP contribution in [0.15, 0.2) is 23.9 Å². The van der Waals surface area contributed by atoms with E-state index < -0.39 is 0 Å². The Hall–Kier alpha value is -1.84. The number of aryl methyl sites for hydroxylation is 1. The Morgan fingerprint density at radius 1 is 1.53 bits per heavy atom. The van der Waals surface area contributed by atoms with Gasteiger partial charge in [0.05, 0.1) is 4.92 Å². The van der Waals surface area contributed by atoms with Gasteiger partial charge in [0.1, 0.15) is 0 Å². The zero-order valence-corrected chi connectivity index (χ0v) is 10.1. The number of benzene rings is 1. The molecule has 1 aliphatic heterocycles. The van der Waals surface area contributed by atoms with Crippen LogP contribution in [0.25, 0.3) is 6.08 Å². The van der Waals surface area contributed by atoms with Crippen molar-refractivity contribution in [2.24, 2.45) is 0 Å². The average molecular weight is 232 g/mol. The van der Waals surface area contributed by atoms with E-state index in [1.54, 1.807) is 6.08 Å². The topological polar surface area (TPSA) is 46.4 Å². The van der Waals surface area contributed by atoms with Crippen LogP contribution in [0, 0.1) is 10.1 Å². The molecule has 1 aromatic carbocycles. The maximum absolute atomic E-state index is 10.6. The lowest BCUT2D eigenvalue weighted by Gasteiger charge is -2.27. The summed E-state index contributed by atoms with van der Waals surface area (Å²) >= 11 is 0. The van der Waals surface area contributed by atoms with Gasteiger partial charge in [0.2, 0.25) is 5.70 Å². The number of fused-ring (bicyclic) bond motifs is 1. The lowest BCUT2D eigenvalue weighted by atomic mass is 9.99. The van der Waals surface area contributed by atoms with Gasteiger partial charge in [0, 0.05) is 32.3 Å². The van der Waals surface area contributed by atoms with E-state index in [9.17, 15) is 10.1 Å². The molecule has 0 bridgehead atoms. The van der Waals surface area contributed by atoms with E-state index in [-0.39, 0.29) is 10.6 Å². The van der Waals surface area contributed by atoms with Gasteiger partial charge in [-0.05, 0) is 36.1 Å². The highest BCUT2D eigenvalue weighted by Gasteiger charge is 2.13. The number of anilines is 1. The molecule has 0 fully saturated rings. The minimum absolute atomic E-state index is 0.175. The average Bonchev–Trinajstić information content (AvgIpc) is 2.29. The standard InChI is InChI=1S/C13H16N2O2/c1-10(15(16)17)8-11-5-6-13-12(9-11)4-3-7-14(13)2/h5-6,8-9H,3-4,7H2,1-2H3/b10-8-. The predicted octanol–water partition coefficient (Wildman–Crippen LogP) is 2.71. The molecule has 1 heterocycles. The summed E-state index contributed by atoms with van der Waals surface area (Å²) in [4.78, 5) is 12.4. The first-order chi connectivity index (χ1) is 8.08. The minimum Gasteiger partial charge on any atom is -0.374 e. The van der Waals surface area contributed by atoms with Gasteiger partial charge in [0.25, 0.3) is 0 Å². The maximum Gasteiger partial charge on any atom is 0.243 e. The van der Waals surface area contributed by atoms with Gasteiger partial charge >= 0.3 is 0 Å². The van der Waals surface area contributed by atoms with Crippen molar-refractivity contribution < 1.29 is 4.92 Å². The summed E-state index contributed by atoms with van der Waals surface area (Å²) in [6, 6.07) is 6.04. The summed E-state index contributed by atoms with van der Waals surface area (Å²) in [6.07, 6.45) is 3.82. The molecule has 0 unspecified atom stereocenters. The molecule has 0 saturated carbocycles. The summed E-state index contributed by atoms with van der Waals surface area (Å²) in [5.74, 6) is 0. The summed E-state index contributed by atoms with van der Waals surface area (Å²) < 4.78 is 0. The molecule has 0 N–H and O–H groups in total. The molecule has 0 spiro atoms. The van der Waals surface area contributed by atoms with Crippen molar-refractivity contribution >= 4 is 11.8 Å². The monoisotopic (exact) mass is 232 g/mol. The molecule has 4 nitrogen and oxygen atoms in total. The van der Waals surface area contributed by atoms with Crippen molar-refractivity contribution in [2.75, 3.05) is 18.5 Å². The molecule has 0 amide bonds. The first-order valence-electron chi connectivity index (χ1n) is 5.74. The predicted molar refractivity (Wildman–Crippen MR) is 68.7 cm³/mol. The van der Waals surface area contributed by atoms with Crippen LogP contribution in [-0.4, -0.2) is 18.5 Å². The summed E-state index contributed by atoms with van der Waals surface area (Å²) in [5, 5.41) is 10.6. The van der Waals surface area contributed by atoms with Crippen LogP contribution in [0.2, 0.25) is 0 Å². The first-order valence-corrected chi connectivity index (χ1v) is 5.74. The van der Waals surface area contributed by atoms with Gasteiger partial charge in [-0.3, -0.25) is 10.1 Å². The normalized spacial score (nSPS) is 15.6. The fourth-order valence-corrected chi connectivity index (χ4v) is 2.19. The number of nitrogens with zero attached hydrogens (tertiary/aromatic N) is 2. The second-order valence-corrected chi connectivity index (χ2v) is 4.46. The van der Waals surface area contributed by atoms with Crippen LogP contribution in [0.5, 0.6) is 0 Å². The Labute approximate surface area is 101 Å². The third-order valence-corrected chi connectivity index (χ3v) is 3.12. The summed E-state index contributed by atoms with van der Waals surface area (Å²) in [6.45, 7) is 2.60. The van der Waals surface area contributed by atoms with E-state index in [1.807, 2.05) is 12.1 Å². The minimum atomic E-state index is -0.356. The van der Waals surface area contributed by atoms with Crippen molar-refractivity contribution in [3.63, 3.8) is 0 Å². The molecule has 0 aromatic heterocycles. The molecular formula is C13H16N2O2. The molecule has 0 saturated heterocycles. The van der Waals surface area contributed by atoms with Crippen LogP contribution in [-0.2, 0) is 6.42 Å². The van der Waals surface area contributed by atoms with Crippen LogP contribution in [0.4, 0.5) is 5.69 Å². The lowest BCUT2D eigenvalue weighted by Crippen LogP contribution is -2.24. The van der Waals surface area contributed by atoms with Crippen LogP contribution in [0.3, 0.4) is 0 Å². The molecule has 0 aliphatic carbocycles. The molecule has 1 aliphatic rings. The highest BCUT2D eigenvalue weighted by molar-refractivity contribution is 5.62. The Kier molecular flexibility index (Phi) is 3.13. The van der Waals surface area contributed by atoms with Crippen molar-refractivity contribution in [1.29, 1.82) is 0 Å². The molecule has 4 heteroatoms. The van der Waals surface area contributed by atoms with E-state index in [4.69, 9.17) is 0 Å². The number of hydrogen-bond donors (Lipinski definition) is 0. The highest BCUT2D eigenvalue weighted by Crippen LogP contribution is 2.27. The van der Waals surface area contributed by atoms with E-state index in [2.05, 4.69) is 18.0 Å². The number of allylic oxidation sites excluding steroid dienone is 1. The number of rotatable bonds is 2. The second kappa shape index (κ2) is 4.57. The Morgan fingerprint density at radius 2 is 2.29 bits per heavy atom.